The Labute approximate surface area is 153 Å². The van der Waals surface area contributed by atoms with Crippen molar-refractivity contribution >= 4 is 17.3 Å². The maximum Gasteiger partial charge on any atom is 0.241 e. The van der Waals surface area contributed by atoms with E-state index in [1.165, 1.54) is 0 Å². The molecule has 1 fully saturated rings. The second kappa shape index (κ2) is 7.89. The average Bonchev–Trinajstić information content (AvgIpc) is 2.68. The van der Waals surface area contributed by atoms with Crippen LogP contribution >= 0.6 is 0 Å². The lowest BCUT2D eigenvalue weighted by Crippen LogP contribution is -2.52. The summed E-state index contributed by atoms with van der Waals surface area (Å²) in [5.41, 5.74) is 1.98. The van der Waals surface area contributed by atoms with Crippen molar-refractivity contribution in [3.05, 3.63) is 54.1 Å². The Kier molecular flexibility index (Phi) is 5.40. The van der Waals surface area contributed by atoms with E-state index in [9.17, 15) is 9.90 Å². The predicted octanol–water partition coefficient (Wildman–Crippen LogP) is 2.41. The number of hydrogen-bond donors (Lipinski definition) is 2. The van der Waals surface area contributed by atoms with E-state index in [0.717, 1.165) is 31.9 Å². The summed E-state index contributed by atoms with van der Waals surface area (Å²) >= 11 is 0. The Morgan fingerprint density at radius 2 is 1.88 bits per heavy atom. The van der Waals surface area contributed by atoms with Crippen molar-refractivity contribution in [3.8, 4) is 11.8 Å². The van der Waals surface area contributed by atoms with Crippen LogP contribution in [0, 0.1) is 11.3 Å². The largest absolute Gasteiger partial charge is 0.506 e. The molecule has 0 bridgehead atoms. The van der Waals surface area contributed by atoms with Crippen LogP contribution in [0.15, 0.2) is 48.5 Å². The first-order valence-corrected chi connectivity index (χ1v) is 8.66. The van der Waals surface area contributed by atoms with Crippen molar-refractivity contribution in [2.45, 2.75) is 13.0 Å². The van der Waals surface area contributed by atoms with Crippen molar-refractivity contribution in [1.29, 1.82) is 5.26 Å². The molecule has 2 aromatic rings. The molecule has 3 rings (SSSR count). The Hall–Kier alpha value is -3.04. The molecule has 1 aliphatic rings. The van der Waals surface area contributed by atoms with Crippen molar-refractivity contribution < 1.29 is 9.90 Å². The third kappa shape index (κ3) is 3.95. The standard InChI is InChI=1S/C20H22N4O2/c1-15(20(26)22-17-6-4-5-16(13-17)14-21)23-9-11-24(12-10-23)18-7-2-3-8-19(18)25/h2-8,13,15,25H,9-12H2,1H3,(H,22,26). The molecule has 0 aliphatic carbocycles. The van der Waals surface area contributed by atoms with Gasteiger partial charge in [-0.05, 0) is 37.3 Å². The zero-order chi connectivity index (χ0) is 18.5. The highest BCUT2D eigenvalue weighted by atomic mass is 16.3. The third-order valence-electron chi connectivity index (χ3n) is 4.72. The second-order valence-electron chi connectivity index (χ2n) is 6.37. The van der Waals surface area contributed by atoms with Gasteiger partial charge in [0, 0.05) is 31.9 Å². The normalized spacial score (nSPS) is 15.9. The molecule has 134 valence electrons. The molecule has 26 heavy (non-hydrogen) atoms. The molecule has 1 heterocycles. The van der Waals surface area contributed by atoms with Gasteiger partial charge in [0.15, 0.2) is 0 Å². The van der Waals surface area contributed by atoms with Crippen LogP contribution in [-0.2, 0) is 4.79 Å². The summed E-state index contributed by atoms with van der Waals surface area (Å²) in [6, 6.07) is 16.0. The quantitative estimate of drug-likeness (QED) is 0.885. The number of carbonyl (C=O) groups excluding carboxylic acids is 1. The fourth-order valence-corrected chi connectivity index (χ4v) is 3.16. The van der Waals surface area contributed by atoms with Crippen molar-refractivity contribution in [2.24, 2.45) is 0 Å². The second-order valence-corrected chi connectivity index (χ2v) is 6.37. The molecular weight excluding hydrogens is 328 g/mol. The zero-order valence-corrected chi connectivity index (χ0v) is 14.7. The molecule has 0 spiro atoms. The van der Waals surface area contributed by atoms with E-state index in [1.807, 2.05) is 25.1 Å². The minimum absolute atomic E-state index is 0.0869. The van der Waals surface area contributed by atoms with Gasteiger partial charge in [-0.2, -0.15) is 5.26 Å². The van der Waals surface area contributed by atoms with Gasteiger partial charge in [0.1, 0.15) is 5.75 Å². The highest BCUT2D eigenvalue weighted by Crippen LogP contribution is 2.27. The molecule has 1 amide bonds. The third-order valence-corrected chi connectivity index (χ3v) is 4.72. The van der Waals surface area contributed by atoms with Gasteiger partial charge in [0.25, 0.3) is 0 Å². The number of phenols is 1. The van der Waals surface area contributed by atoms with Gasteiger partial charge < -0.3 is 15.3 Å². The van der Waals surface area contributed by atoms with Crippen molar-refractivity contribution in [2.75, 3.05) is 36.4 Å². The number of phenolic OH excluding ortho intramolecular Hbond substituents is 1. The first-order chi connectivity index (χ1) is 12.6. The van der Waals surface area contributed by atoms with Gasteiger partial charge in [-0.15, -0.1) is 0 Å². The van der Waals surface area contributed by atoms with Gasteiger partial charge in [0.2, 0.25) is 5.91 Å². The molecule has 0 saturated carbocycles. The molecule has 6 heteroatoms. The van der Waals surface area contributed by atoms with E-state index in [0.29, 0.717) is 11.3 Å². The summed E-state index contributed by atoms with van der Waals surface area (Å²) in [5, 5.41) is 21.8. The molecule has 1 saturated heterocycles. The van der Waals surface area contributed by atoms with Crippen LogP contribution < -0.4 is 10.2 Å². The number of nitrogens with one attached hydrogen (secondary N) is 1. The number of amides is 1. The molecule has 6 nitrogen and oxygen atoms in total. The lowest BCUT2D eigenvalue weighted by atomic mass is 10.1. The summed E-state index contributed by atoms with van der Waals surface area (Å²) in [5.74, 6) is 0.195. The fourth-order valence-electron chi connectivity index (χ4n) is 3.16. The van der Waals surface area contributed by atoms with E-state index in [4.69, 9.17) is 5.26 Å². The number of benzene rings is 2. The number of nitriles is 1. The Balaban J connectivity index is 1.57. The summed E-state index contributed by atoms with van der Waals surface area (Å²) in [6.07, 6.45) is 0. The average molecular weight is 350 g/mol. The lowest BCUT2D eigenvalue weighted by Gasteiger charge is -2.38. The number of carbonyl (C=O) groups is 1. The number of nitrogens with zero attached hydrogens (tertiary/aromatic N) is 3. The Morgan fingerprint density at radius 1 is 1.15 bits per heavy atom. The van der Waals surface area contributed by atoms with Crippen LogP contribution in [0.2, 0.25) is 0 Å². The van der Waals surface area contributed by atoms with E-state index < -0.39 is 0 Å². The molecule has 0 radical (unpaired) electrons. The van der Waals surface area contributed by atoms with Crippen LogP contribution in [-0.4, -0.2) is 48.1 Å². The van der Waals surface area contributed by atoms with Crippen LogP contribution in [0.25, 0.3) is 0 Å². The molecule has 1 unspecified atom stereocenters. The highest BCUT2D eigenvalue weighted by molar-refractivity contribution is 5.94. The Morgan fingerprint density at radius 3 is 2.58 bits per heavy atom. The number of hydrogen-bond acceptors (Lipinski definition) is 5. The number of rotatable bonds is 4. The first-order valence-electron chi connectivity index (χ1n) is 8.66. The molecule has 0 aromatic heterocycles. The van der Waals surface area contributed by atoms with Gasteiger partial charge in [-0.1, -0.05) is 18.2 Å². The lowest BCUT2D eigenvalue weighted by molar-refractivity contribution is -0.120. The zero-order valence-electron chi connectivity index (χ0n) is 14.7. The van der Waals surface area contributed by atoms with Crippen molar-refractivity contribution in [3.63, 3.8) is 0 Å². The minimum Gasteiger partial charge on any atom is -0.506 e. The maximum absolute atomic E-state index is 12.5. The van der Waals surface area contributed by atoms with E-state index in [2.05, 4.69) is 21.2 Å². The highest BCUT2D eigenvalue weighted by Gasteiger charge is 2.26. The molecule has 2 N–H and O–H groups in total. The maximum atomic E-state index is 12.5. The SMILES string of the molecule is CC(C(=O)Nc1cccc(C#N)c1)N1CCN(c2ccccc2O)CC1. The summed E-state index contributed by atoms with van der Waals surface area (Å²) in [6.45, 7) is 4.86. The minimum atomic E-state index is -0.271. The molecule has 1 aliphatic heterocycles. The predicted molar refractivity (Wildman–Crippen MR) is 101 cm³/mol. The molecule has 1 atom stereocenters. The van der Waals surface area contributed by atoms with Crippen LogP contribution in [0.4, 0.5) is 11.4 Å². The van der Waals surface area contributed by atoms with Gasteiger partial charge in [0.05, 0.1) is 23.4 Å². The monoisotopic (exact) mass is 350 g/mol. The number of piperazine rings is 1. The van der Waals surface area contributed by atoms with Gasteiger partial charge >= 0.3 is 0 Å². The van der Waals surface area contributed by atoms with E-state index in [1.54, 1.807) is 30.3 Å². The topological polar surface area (TPSA) is 79.6 Å². The molecular formula is C20H22N4O2. The number of aromatic hydroxyl groups is 1. The van der Waals surface area contributed by atoms with Crippen LogP contribution in [0.3, 0.4) is 0 Å². The number of para-hydroxylation sites is 2. The van der Waals surface area contributed by atoms with E-state index in [-0.39, 0.29) is 17.7 Å². The first kappa shape index (κ1) is 17.8. The van der Waals surface area contributed by atoms with Gasteiger partial charge in [-0.25, -0.2) is 0 Å². The Bertz CT molecular complexity index is 823. The van der Waals surface area contributed by atoms with E-state index >= 15 is 0 Å². The summed E-state index contributed by atoms with van der Waals surface area (Å²) < 4.78 is 0. The smallest absolute Gasteiger partial charge is 0.241 e. The van der Waals surface area contributed by atoms with Crippen LogP contribution in [0.1, 0.15) is 12.5 Å². The summed E-state index contributed by atoms with van der Waals surface area (Å²) in [4.78, 5) is 16.8. The fraction of sp³-hybridized carbons (Fsp3) is 0.300. The van der Waals surface area contributed by atoms with Gasteiger partial charge in [-0.3, -0.25) is 9.69 Å². The summed E-state index contributed by atoms with van der Waals surface area (Å²) in [7, 11) is 0. The molecule has 2 aromatic carbocycles. The van der Waals surface area contributed by atoms with Crippen molar-refractivity contribution in [1.82, 2.24) is 4.90 Å². The number of anilines is 2. The van der Waals surface area contributed by atoms with Crippen LogP contribution in [0.5, 0.6) is 5.75 Å².